The highest BCUT2D eigenvalue weighted by atomic mass is 32.2. The van der Waals surface area contributed by atoms with E-state index in [1.807, 2.05) is 13.0 Å². The standard InChI is InChI=1S/C26H24N6O5S/c1-4-37-21-12-7-9-18(30-21)25-31-24-26(32(25)23-19(35-2)10-8-11-20(23)36-3)29-17(15-28-24)16-38(33,34)22-13-5-6-14-27-22/h5-15H,4,16H2,1-3H3. The van der Waals surface area contributed by atoms with Crippen LogP contribution < -0.4 is 14.2 Å². The van der Waals surface area contributed by atoms with Gasteiger partial charge >= 0.3 is 0 Å². The van der Waals surface area contributed by atoms with Crippen LogP contribution in [0.15, 0.2) is 72.0 Å². The molecule has 38 heavy (non-hydrogen) atoms. The summed E-state index contributed by atoms with van der Waals surface area (Å²) in [6.45, 7) is 2.32. The molecule has 0 atom stereocenters. The molecule has 0 saturated carbocycles. The maximum absolute atomic E-state index is 13.0. The number of hydrogen-bond donors (Lipinski definition) is 0. The number of imidazole rings is 1. The highest BCUT2D eigenvalue weighted by Crippen LogP contribution is 2.37. The normalized spacial score (nSPS) is 11.4. The lowest BCUT2D eigenvalue weighted by Gasteiger charge is -2.16. The fourth-order valence-corrected chi connectivity index (χ4v) is 5.14. The largest absolute Gasteiger partial charge is 0.494 e. The summed E-state index contributed by atoms with van der Waals surface area (Å²) in [5.41, 5.74) is 1.82. The van der Waals surface area contributed by atoms with Gasteiger partial charge in [0.15, 0.2) is 22.1 Å². The number of hydrogen-bond acceptors (Lipinski definition) is 10. The number of fused-ring (bicyclic) bond motifs is 1. The molecule has 4 heterocycles. The van der Waals surface area contributed by atoms with Gasteiger partial charge in [0.2, 0.25) is 15.7 Å². The Labute approximate surface area is 219 Å². The topological polar surface area (TPSA) is 131 Å². The molecule has 0 aliphatic heterocycles. The van der Waals surface area contributed by atoms with E-state index in [4.69, 9.17) is 19.2 Å². The molecule has 0 radical (unpaired) electrons. The zero-order chi connectivity index (χ0) is 26.7. The zero-order valence-electron chi connectivity index (χ0n) is 20.9. The Morgan fingerprint density at radius 3 is 2.32 bits per heavy atom. The lowest BCUT2D eigenvalue weighted by Crippen LogP contribution is -2.09. The number of aromatic nitrogens is 6. The lowest BCUT2D eigenvalue weighted by molar-refractivity contribution is 0.327. The Morgan fingerprint density at radius 1 is 0.868 bits per heavy atom. The Hall–Kier alpha value is -4.58. The summed E-state index contributed by atoms with van der Waals surface area (Å²) in [7, 11) is -0.678. The highest BCUT2D eigenvalue weighted by molar-refractivity contribution is 7.90. The van der Waals surface area contributed by atoms with Crippen LogP contribution in [0.4, 0.5) is 0 Å². The van der Waals surface area contributed by atoms with E-state index in [0.717, 1.165) is 0 Å². The van der Waals surface area contributed by atoms with Crippen LogP contribution in [-0.4, -0.2) is 58.7 Å². The van der Waals surface area contributed by atoms with Crippen molar-refractivity contribution in [2.24, 2.45) is 0 Å². The number of pyridine rings is 2. The van der Waals surface area contributed by atoms with Crippen LogP contribution in [0.2, 0.25) is 0 Å². The van der Waals surface area contributed by atoms with Gasteiger partial charge in [0.25, 0.3) is 0 Å². The van der Waals surface area contributed by atoms with Gasteiger partial charge in [-0.15, -0.1) is 0 Å². The van der Waals surface area contributed by atoms with Crippen LogP contribution >= 0.6 is 0 Å². The van der Waals surface area contributed by atoms with E-state index in [9.17, 15) is 8.42 Å². The second-order valence-corrected chi connectivity index (χ2v) is 9.95. The number of ether oxygens (including phenoxy) is 3. The molecule has 11 nitrogen and oxygen atoms in total. The molecular weight excluding hydrogens is 508 g/mol. The second kappa shape index (κ2) is 10.4. The van der Waals surface area contributed by atoms with Crippen molar-refractivity contribution < 1.29 is 22.6 Å². The second-order valence-electron chi connectivity index (χ2n) is 8.01. The first kappa shape index (κ1) is 25.1. The summed E-state index contributed by atoms with van der Waals surface area (Å²) >= 11 is 0. The van der Waals surface area contributed by atoms with E-state index in [0.29, 0.717) is 46.8 Å². The van der Waals surface area contributed by atoms with Crippen LogP contribution in [0.25, 0.3) is 28.5 Å². The Kier molecular flexibility index (Phi) is 6.88. The van der Waals surface area contributed by atoms with Gasteiger partial charge in [0.05, 0.1) is 32.7 Å². The van der Waals surface area contributed by atoms with Gasteiger partial charge in [-0.1, -0.05) is 18.2 Å². The molecule has 0 amide bonds. The Morgan fingerprint density at radius 2 is 1.63 bits per heavy atom. The van der Waals surface area contributed by atoms with Gasteiger partial charge in [-0.25, -0.2) is 33.3 Å². The minimum absolute atomic E-state index is 0.0422. The predicted molar refractivity (Wildman–Crippen MR) is 139 cm³/mol. The van der Waals surface area contributed by atoms with Crippen LogP contribution in [-0.2, 0) is 15.6 Å². The van der Waals surface area contributed by atoms with Crippen LogP contribution in [0, 0.1) is 0 Å². The van der Waals surface area contributed by atoms with E-state index >= 15 is 0 Å². The van der Waals surface area contributed by atoms with Gasteiger partial charge in [-0.2, -0.15) is 0 Å². The summed E-state index contributed by atoms with van der Waals surface area (Å²) in [6, 6.07) is 15.4. The molecule has 0 spiro atoms. The summed E-state index contributed by atoms with van der Waals surface area (Å²) in [4.78, 5) is 22.4. The number of para-hydroxylation sites is 1. The maximum Gasteiger partial charge on any atom is 0.213 e. The molecule has 5 rings (SSSR count). The molecule has 0 aliphatic carbocycles. The third-order valence-electron chi connectivity index (χ3n) is 5.59. The van der Waals surface area contributed by atoms with E-state index in [1.165, 1.54) is 18.5 Å². The van der Waals surface area contributed by atoms with Crippen molar-refractivity contribution in [3.05, 3.63) is 72.7 Å². The van der Waals surface area contributed by atoms with Gasteiger partial charge in [-0.3, -0.25) is 4.57 Å². The van der Waals surface area contributed by atoms with Crippen molar-refractivity contribution >= 4 is 21.1 Å². The average molecular weight is 533 g/mol. The fraction of sp³-hybridized carbons (Fsp3) is 0.192. The Bertz CT molecular complexity index is 1680. The molecule has 0 N–H and O–H groups in total. The highest BCUT2D eigenvalue weighted by Gasteiger charge is 2.25. The first-order chi connectivity index (χ1) is 18.4. The monoisotopic (exact) mass is 532 g/mol. The molecule has 1 aromatic carbocycles. The van der Waals surface area contributed by atoms with Crippen molar-refractivity contribution in [1.82, 2.24) is 29.5 Å². The third-order valence-corrected chi connectivity index (χ3v) is 7.14. The molecule has 0 unspecified atom stereocenters. The quantitative estimate of drug-likeness (QED) is 0.277. The summed E-state index contributed by atoms with van der Waals surface area (Å²) in [5.74, 6) is 1.40. The summed E-state index contributed by atoms with van der Waals surface area (Å²) < 4.78 is 44.6. The van der Waals surface area contributed by atoms with Gasteiger partial charge in [0, 0.05) is 12.3 Å². The maximum atomic E-state index is 13.0. The zero-order valence-corrected chi connectivity index (χ0v) is 21.7. The van der Waals surface area contributed by atoms with E-state index < -0.39 is 15.6 Å². The molecule has 0 bridgehead atoms. The van der Waals surface area contributed by atoms with Crippen molar-refractivity contribution in [1.29, 1.82) is 0 Å². The molecule has 0 saturated heterocycles. The van der Waals surface area contributed by atoms with Crippen molar-refractivity contribution in [2.75, 3.05) is 20.8 Å². The van der Waals surface area contributed by atoms with Gasteiger partial charge in [0.1, 0.15) is 28.6 Å². The molecule has 5 aromatic rings. The SMILES string of the molecule is CCOc1cccc(-c2nc3ncc(CS(=O)(=O)c4ccccn4)nc3n2-c2c(OC)cccc2OC)n1. The van der Waals surface area contributed by atoms with Crippen LogP contribution in [0.3, 0.4) is 0 Å². The first-order valence-electron chi connectivity index (χ1n) is 11.6. The molecule has 194 valence electrons. The number of benzene rings is 1. The predicted octanol–water partition coefficient (Wildman–Crippen LogP) is 3.66. The molecular formula is C26H24N6O5S. The molecule has 0 fully saturated rings. The first-order valence-corrected chi connectivity index (χ1v) is 13.3. The number of rotatable bonds is 9. The van der Waals surface area contributed by atoms with Crippen molar-refractivity contribution in [2.45, 2.75) is 17.7 Å². The van der Waals surface area contributed by atoms with Crippen LogP contribution in [0.1, 0.15) is 12.6 Å². The number of sulfone groups is 1. The Balaban J connectivity index is 1.75. The third kappa shape index (κ3) is 4.73. The number of methoxy groups -OCH3 is 2. The number of nitrogens with zero attached hydrogens (tertiary/aromatic N) is 6. The molecule has 0 aliphatic rings. The smallest absolute Gasteiger partial charge is 0.213 e. The molecule has 4 aromatic heterocycles. The average Bonchev–Trinajstić information content (AvgIpc) is 3.31. The van der Waals surface area contributed by atoms with Gasteiger partial charge < -0.3 is 14.2 Å². The van der Waals surface area contributed by atoms with Crippen molar-refractivity contribution in [3.8, 4) is 34.6 Å². The summed E-state index contributed by atoms with van der Waals surface area (Å²) in [5, 5.41) is -0.0422. The fourth-order valence-electron chi connectivity index (χ4n) is 3.96. The van der Waals surface area contributed by atoms with Gasteiger partial charge in [-0.05, 0) is 37.3 Å². The van der Waals surface area contributed by atoms with Crippen LogP contribution in [0.5, 0.6) is 17.4 Å². The van der Waals surface area contributed by atoms with Crippen molar-refractivity contribution in [3.63, 3.8) is 0 Å². The van der Waals surface area contributed by atoms with E-state index in [2.05, 4.69) is 19.9 Å². The lowest BCUT2D eigenvalue weighted by atomic mass is 10.2. The van der Waals surface area contributed by atoms with E-state index in [1.54, 1.807) is 61.3 Å². The van der Waals surface area contributed by atoms with E-state index in [-0.39, 0.29) is 16.4 Å². The summed E-state index contributed by atoms with van der Waals surface area (Å²) in [6.07, 6.45) is 2.83. The minimum Gasteiger partial charge on any atom is -0.494 e. The minimum atomic E-state index is -3.76. The molecule has 12 heteroatoms.